The van der Waals surface area contributed by atoms with Crippen LogP contribution in [0.15, 0.2) is 23.8 Å². The Labute approximate surface area is 186 Å². The zero-order valence-corrected chi connectivity index (χ0v) is 20.4. The molecular formula is C29H48O. The van der Waals surface area contributed by atoms with Crippen molar-refractivity contribution in [3.63, 3.8) is 0 Å². The van der Waals surface area contributed by atoms with Crippen LogP contribution < -0.4 is 0 Å². The molecule has 1 N–H and O–H groups in total. The van der Waals surface area contributed by atoms with Gasteiger partial charge in [0.2, 0.25) is 0 Å². The first-order valence-corrected chi connectivity index (χ1v) is 13.3. The van der Waals surface area contributed by atoms with Crippen molar-refractivity contribution in [2.45, 2.75) is 105 Å². The molecule has 3 fully saturated rings. The van der Waals surface area contributed by atoms with Crippen molar-refractivity contribution in [3.05, 3.63) is 23.8 Å². The lowest BCUT2D eigenvalue weighted by Crippen LogP contribution is -2.50. The molecule has 170 valence electrons. The number of hydrogen-bond acceptors (Lipinski definition) is 1. The summed E-state index contributed by atoms with van der Waals surface area (Å²) in [4.78, 5) is 0. The molecule has 0 aromatic heterocycles. The van der Waals surface area contributed by atoms with Crippen molar-refractivity contribution >= 4 is 0 Å². The van der Waals surface area contributed by atoms with Crippen molar-refractivity contribution in [1.29, 1.82) is 0 Å². The summed E-state index contributed by atoms with van der Waals surface area (Å²) in [5, 5.41) is 9.43. The van der Waals surface area contributed by atoms with E-state index in [0.29, 0.717) is 23.4 Å². The molecular weight excluding hydrogens is 364 g/mol. The number of fused-ring (bicyclic) bond motifs is 5. The van der Waals surface area contributed by atoms with Crippen LogP contribution in [-0.2, 0) is 0 Å². The molecule has 0 heterocycles. The Morgan fingerprint density at radius 2 is 1.90 bits per heavy atom. The largest absolute Gasteiger partial charge is 0.396 e. The highest BCUT2D eigenvalue weighted by molar-refractivity contribution is 5.24. The van der Waals surface area contributed by atoms with E-state index < -0.39 is 0 Å². The minimum Gasteiger partial charge on any atom is -0.396 e. The summed E-state index contributed by atoms with van der Waals surface area (Å²) in [5.41, 5.74) is 4.20. The standard InChI is InChI=1S/C29H48O/c1-20(2)22(16-19-30)10-9-21(3)25-13-14-26-24-12-11-23-8-6-7-17-28(23,4)27(24)15-18-29(25,26)5/h11,21-22,24-27,30H,1,6-10,12-19H2,2-5H3/t21-,22-,24+,25-,26+,27+,28+,29-/m1/s1. The van der Waals surface area contributed by atoms with E-state index in [1.165, 1.54) is 76.2 Å². The fraction of sp³-hybridized carbons (Fsp3) is 0.862. The second-order valence-corrected chi connectivity index (χ2v) is 12.3. The van der Waals surface area contributed by atoms with Crippen molar-refractivity contribution in [3.8, 4) is 0 Å². The maximum Gasteiger partial charge on any atom is 0.0436 e. The first-order valence-electron chi connectivity index (χ1n) is 13.3. The van der Waals surface area contributed by atoms with Gasteiger partial charge in [-0.05, 0) is 124 Å². The van der Waals surface area contributed by atoms with Gasteiger partial charge in [-0.15, -0.1) is 0 Å². The van der Waals surface area contributed by atoms with Gasteiger partial charge in [-0.25, -0.2) is 0 Å². The first-order chi connectivity index (χ1) is 14.3. The summed E-state index contributed by atoms with van der Waals surface area (Å²) < 4.78 is 0. The molecule has 4 rings (SSSR count). The molecule has 0 aliphatic heterocycles. The van der Waals surface area contributed by atoms with Gasteiger partial charge in [0.1, 0.15) is 0 Å². The third-order valence-corrected chi connectivity index (χ3v) is 10.9. The van der Waals surface area contributed by atoms with E-state index in [9.17, 15) is 5.11 Å². The number of hydrogen-bond donors (Lipinski definition) is 1. The van der Waals surface area contributed by atoms with E-state index >= 15 is 0 Å². The molecule has 3 saturated carbocycles. The number of allylic oxidation sites excluding steroid dienone is 3. The summed E-state index contributed by atoms with van der Waals surface area (Å²) >= 11 is 0. The van der Waals surface area contributed by atoms with E-state index in [4.69, 9.17) is 0 Å². The van der Waals surface area contributed by atoms with E-state index in [0.717, 1.165) is 36.0 Å². The van der Waals surface area contributed by atoms with Crippen molar-refractivity contribution < 1.29 is 5.11 Å². The van der Waals surface area contributed by atoms with Crippen LogP contribution in [0.1, 0.15) is 105 Å². The van der Waals surface area contributed by atoms with Crippen LogP contribution in [0.2, 0.25) is 0 Å². The molecule has 0 radical (unpaired) electrons. The summed E-state index contributed by atoms with van der Waals surface area (Å²) in [6.07, 6.45) is 19.1. The Kier molecular flexibility index (Phi) is 6.61. The van der Waals surface area contributed by atoms with Crippen LogP contribution >= 0.6 is 0 Å². The van der Waals surface area contributed by atoms with Gasteiger partial charge >= 0.3 is 0 Å². The third-order valence-electron chi connectivity index (χ3n) is 10.9. The Morgan fingerprint density at radius 1 is 1.10 bits per heavy atom. The fourth-order valence-electron chi connectivity index (χ4n) is 9.13. The second kappa shape index (κ2) is 8.76. The number of rotatable bonds is 7. The smallest absolute Gasteiger partial charge is 0.0436 e. The predicted molar refractivity (Wildman–Crippen MR) is 128 cm³/mol. The summed E-state index contributed by atoms with van der Waals surface area (Å²) in [5.74, 6) is 5.07. The molecule has 0 aromatic rings. The molecule has 0 amide bonds. The lowest BCUT2D eigenvalue weighted by molar-refractivity contribution is -0.0501. The highest BCUT2D eigenvalue weighted by atomic mass is 16.3. The van der Waals surface area contributed by atoms with Crippen LogP contribution in [0.25, 0.3) is 0 Å². The maximum absolute atomic E-state index is 9.43. The molecule has 0 saturated heterocycles. The third kappa shape index (κ3) is 3.76. The highest BCUT2D eigenvalue weighted by Crippen LogP contribution is 2.67. The van der Waals surface area contributed by atoms with E-state index in [-0.39, 0.29) is 0 Å². The molecule has 4 aliphatic rings. The molecule has 0 bridgehead atoms. The molecule has 0 spiro atoms. The van der Waals surface area contributed by atoms with E-state index in [2.05, 4.69) is 40.3 Å². The minimum atomic E-state index is 0.298. The zero-order chi connectivity index (χ0) is 21.5. The number of aliphatic hydroxyl groups excluding tert-OH is 1. The van der Waals surface area contributed by atoms with Crippen LogP contribution in [0.4, 0.5) is 0 Å². The molecule has 30 heavy (non-hydrogen) atoms. The summed E-state index contributed by atoms with van der Waals surface area (Å²) in [7, 11) is 0. The van der Waals surface area contributed by atoms with Gasteiger partial charge in [0.25, 0.3) is 0 Å². The summed E-state index contributed by atoms with van der Waals surface area (Å²) in [6, 6.07) is 0. The van der Waals surface area contributed by atoms with Crippen molar-refractivity contribution in [2.75, 3.05) is 6.61 Å². The molecule has 8 atom stereocenters. The van der Waals surface area contributed by atoms with Crippen LogP contribution in [0, 0.1) is 46.3 Å². The highest BCUT2D eigenvalue weighted by Gasteiger charge is 2.58. The topological polar surface area (TPSA) is 20.2 Å². The Hall–Kier alpha value is -0.560. The average Bonchev–Trinajstić information content (AvgIpc) is 3.07. The average molecular weight is 413 g/mol. The minimum absolute atomic E-state index is 0.298. The molecule has 1 nitrogen and oxygen atoms in total. The van der Waals surface area contributed by atoms with Crippen LogP contribution in [-0.4, -0.2) is 11.7 Å². The lowest BCUT2D eigenvalue weighted by atomic mass is 9.47. The Balaban J connectivity index is 1.46. The Morgan fingerprint density at radius 3 is 2.63 bits per heavy atom. The quantitative estimate of drug-likeness (QED) is 0.421. The van der Waals surface area contributed by atoms with Gasteiger partial charge in [0, 0.05) is 6.61 Å². The monoisotopic (exact) mass is 412 g/mol. The van der Waals surface area contributed by atoms with Crippen molar-refractivity contribution in [1.82, 2.24) is 0 Å². The zero-order valence-electron chi connectivity index (χ0n) is 20.4. The second-order valence-electron chi connectivity index (χ2n) is 12.3. The van der Waals surface area contributed by atoms with E-state index in [1.807, 2.05) is 5.57 Å². The predicted octanol–water partition coefficient (Wildman–Crippen LogP) is 7.95. The number of aliphatic hydroxyl groups is 1. The normalized spacial score (nSPS) is 42.5. The van der Waals surface area contributed by atoms with Gasteiger partial charge in [0.05, 0.1) is 0 Å². The molecule has 0 unspecified atom stereocenters. The van der Waals surface area contributed by atoms with Gasteiger partial charge in [-0.3, -0.25) is 0 Å². The van der Waals surface area contributed by atoms with E-state index in [1.54, 1.807) is 0 Å². The van der Waals surface area contributed by atoms with Gasteiger partial charge in [0.15, 0.2) is 0 Å². The van der Waals surface area contributed by atoms with Gasteiger partial charge in [-0.2, -0.15) is 0 Å². The molecule has 4 aliphatic carbocycles. The lowest BCUT2D eigenvalue weighted by Gasteiger charge is -2.58. The molecule has 1 heteroatoms. The van der Waals surface area contributed by atoms with Crippen LogP contribution in [0.5, 0.6) is 0 Å². The fourth-order valence-corrected chi connectivity index (χ4v) is 9.13. The maximum atomic E-state index is 9.43. The SMILES string of the molecule is C=C(C)[C@@H](CCO)CC[C@@H](C)[C@H]1CC[C@H]2[C@@H]3CC=C4CCCC[C@]4(C)[C@H]3CC[C@]12C. The van der Waals surface area contributed by atoms with Gasteiger partial charge in [-0.1, -0.05) is 51.0 Å². The Bertz CT molecular complexity index is 661. The van der Waals surface area contributed by atoms with Gasteiger partial charge < -0.3 is 5.11 Å². The van der Waals surface area contributed by atoms with Crippen LogP contribution in [0.3, 0.4) is 0 Å². The summed E-state index contributed by atoms with van der Waals surface area (Å²) in [6.45, 7) is 14.5. The first kappa shape index (κ1) is 22.6. The molecule has 0 aromatic carbocycles. The van der Waals surface area contributed by atoms with Crippen molar-refractivity contribution in [2.24, 2.45) is 46.3 Å².